The van der Waals surface area contributed by atoms with Crippen LogP contribution < -0.4 is 0 Å². The zero-order valence-corrected chi connectivity index (χ0v) is 15.2. The Morgan fingerprint density at radius 2 is 2.00 bits per heavy atom. The minimum atomic E-state index is -0.457. The summed E-state index contributed by atoms with van der Waals surface area (Å²) in [6.45, 7) is 9.45. The number of hydrogen-bond donors (Lipinski definition) is 0. The molecular formula is C16H24BrNO4. The fourth-order valence-electron chi connectivity index (χ4n) is 2.31. The average molecular weight is 374 g/mol. The third-order valence-electron chi connectivity index (χ3n) is 3.66. The molecule has 1 aromatic heterocycles. The predicted octanol–water partition coefficient (Wildman–Crippen LogP) is 4.35. The summed E-state index contributed by atoms with van der Waals surface area (Å²) in [5, 5.41) is 0. The van der Waals surface area contributed by atoms with Gasteiger partial charge in [0.15, 0.2) is 4.67 Å². The standard InChI is InChI=1S/C16H24BrNO4/c1-15(2,3)22-14(19)18-9-7-16(4,8-10-18)20-11-12-5-6-13(17)21-12/h5-6H,7-11H2,1-4H3. The number of ether oxygens (including phenoxy) is 2. The van der Waals surface area contributed by atoms with Gasteiger partial charge in [0.25, 0.3) is 0 Å². The molecule has 22 heavy (non-hydrogen) atoms. The first-order chi connectivity index (χ1) is 10.2. The number of hydrogen-bond acceptors (Lipinski definition) is 4. The van der Waals surface area contributed by atoms with Crippen LogP contribution in [0.15, 0.2) is 21.2 Å². The first-order valence-electron chi connectivity index (χ1n) is 7.53. The summed E-state index contributed by atoms with van der Waals surface area (Å²) >= 11 is 3.28. The molecule has 0 radical (unpaired) electrons. The van der Waals surface area contributed by atoms with Crippen LogP contribution in [0.3, 0.4) is 0 Å². The van der Waals surface area contributed by atoms with E-state index in [-0.39, 0.29) is 11.7 Å². The van der Waals surface area contributed by atoms with Gasteiger partial charge in [-0.1, -0.05) is 0 Å². The third kappa shape index (κ3) is 5.02. The lowest BCUT2D eigenvalue weighted by atomic mass is 9.93. The Labute approximate surface area is 140 Å². The lowest BCUT2D eigenvalue weighted by Crippen LogP contribution is -2.47. The van der Waals surface area contributed by atoms with E-state index >= 15 is 0 Å². The molecule has 1 saturated heterocycles. The van der Waals surface area contributed by atoms with Gasteiger partial charge in [0.1, 0.15) is 18.0 Å². The number of rotatable bonds is 3. The lowest BCUT2D eigenvalue weighted by Gasteiger charge is -2.39. The highest BCUT2D eigenvalue weighted by Gasteiger charge is 2.34. The van der Waals surface area contributed by atoms with Gasteiger partial charge in [0.05, 0.1) is 5.60 Å². The Bertz CT molecular complexity index is 512. The summed E-state index contributed by atoms with van der Waals surface area (Å²) in [4.78, 5) is 13.8. The minimum absolute atomic E-state index is 0.238. The topological polar surface area (TPSA) is 51.9 Å². The quantitative estimate of drug-likeness (QED) is 0.790. The molecule has 0 spiro atoms. The molecule has 0 aromatic carbocycles. The molecule has 2 heterocycles. The van der Waals surface area contributed by atoms with E-state index in [0.717, 1.165) is 18.6 Å². The molecule has 6 heteroatoms. The molecule has 1 aromatic rings. The van der Waals surface area contributed by atoms with E-state index in [9.17, 15) is 4.79 Å². The van der Waals surface area contributed by atoms with E-state index in [4.69, 9.17) is 13.9 Å². The summed E-state index contributed by atoms with van der Waals surface area (Å²) in [5.74, 6) is 0.794. The molecule has 124 valence electrons. The molecule has 1 aliphatic heterocycles. The molecule has 0 unspecified atom stereocenters. The van der Waals surface area contributed by atoms with Crippen molar-refractivity contribution in [2.75, 3.05) is 13.1 Å². The number of carbonyl (C=O) groups excluding carboxylic acids is 1. The summed E-state index contributed by atoms with van der Waals surface area (Å²) < 4.78 is 17.6. The van der Waals surface area contributed by atoms with Crippen LogP contribution in [-0.2, 0) is 16.1 Å². The van der Waals surface area contributed by atoms with Gasteiger partial charge in [0.2, 0.25) is 0 Å². The molecule has 0 N–H and O–H groups in total. The smallest absolute Gasteiger partial charge is 0.410 e. The Morgan fingerprint density at radius 3 is 2.50 bits per heavy atom. The summed E-state index contributed by atoms with van der Waals surface area (Å²) in [5.41, 5.74) is -0.696. The van der Waals surface area contributed by atoms with Gasteiger partial charge in [-0.2, -0.15) is 0 Å². The van der Waals surface area contributed by atoms with E-state index in [1.165, 1.54) is 0 Å². The summed E-state index contributed by atoms with van der Waals surface area (Å²) in [6.07, 6.45) is 1.33. The van der Waals surface area contributed by atoms with E-state index in [2.05, 4.69) is 22.9 Å². The molecule has 1 amide bonds. The molecule has 0 bridgehead atoms. The van der Waals surface area contributed by atoms with Crippen molar-refractivity contribution in [1.29, 1.82) is 0 Å². The maximum Gasteiger partial charge on any atom is 0.410 e. The highest BCUT2D eigenvalue weighted by atomic mass is 79.9. The largest absolute Gasteiger partial charge is 0.452 e. The molecule has 1 aliphatic rings. The van der Waals surface area contributed by atoms with Crippen LogP contribution in [0.25, 0.3) is 0 Å². The molecule has 2 rings (SSSR count). The second-order valence-corrected chi connectivity index (χ2v) is 7.69. The van der Waals surface area contributed by atoms with Gasteiger partial charge in [-0.25, -0.2) is 4.79 Å². The monoisotopic (exact) mass is 373 g/mol. The van der Waals surface area contributed by atoms with Crippen molar-refractivity contribution < 1.29 is 18.7 Å². The fourth-order valence-corrected chi connectivity index (χ4v) is 2.65. The van der Waals surface area contributed by atoms with Crippen molar-refractivity contribution in [1.82, 2.24) is 4.90 Å². The van der Waals surface area contributed by atoms with Gasteiger partial charge < -0.3 is 18.8 Å². The van der Waals surface area contributed by atoms with Crippen LogP contribution in [-0.4, -0.2) is 35.3 Å². The Hall–Kier alpha value is -1.01. The van der Waals surface area contributed by atoms with E-state index in [1.54, 1.807) is 4.90 Å². The molecule has 5 nitrogen and oxygen atoms in total. The second-order valence-electron chi connectivity index (χ2n) is 6.91. The minimum Gasteiger partial charge on any atom is -0.452 e. The fraction of sp³-hybridized carbons (Fsp3) is 0.688. The van der Waals surface area contributed by atoms with Gasteiger partial charge in [-0.05, 0) is 68.6 Å². The van der Waals surface area contributed by atoms with E-state index < -0.39 is 5.60 Å². The van der Waals surface area contributed by atoms with E-state index in [0.29, 0.717) is 24.4 Å². The number of halogens is 1. The normalized spacial score (nSPS) is 18.3. The Balaban J connectivity index is 1.81. The van der Waals surface area contributed by atoms with Gasteiger partial charge >= 0.3 is 6.09 Å². The van der Waals surface area contributed by atoms with Crippen molar-refractivity contribution >= 4 is 22.0 Å². The van der Waals surface area contributed by atoms with Crippen molar-refractivity contribution in [3.63, 3.8) is 0 Å². The second kappa shape index (κ2) is 6.62. The maximum atomic E-state index is 12.0. The molecule has 0 aliphatic carbocycles. The zero-order chi connectivity index (χ0) is 16.4. The molecule has 0 atom stereocenters. The van der Waals surface area contributed by atoms with Crippen molar-refractivity contribution in [2.24, 2.45) is 0 Å². The zero-order valence-electron chi connectivity index (χ0n) is 13.6. The van der Waals surface area contributed by atoms with Crippen LogP contribution >= 0.6 is 15.9 Å². The summed E-state index contributed by atoms with van der Waals surface area (Å²) in [7, 11) is 0. The van der Waals surface area contributed by atoms with Crippen LogP contribution in [0.5, 0.6) is 0 Å². The summed E-state index contributed by atoms with van der Waals surface area (Å²) in [6, 6.07) is 3.75. The number of nitrogens with zero attached hydrogens (tertiary/aromatic N) is 1. The number of furan rings is 1. The first-order valence-corrected chi connectivity index (χ1v) is 8.32. The molecule has 1 fully saturated rings. The van der Waals surface area contributed by atoms with Gasteiger partial charge in [0, 0.05) is 13.1 Å². The van der Waals surface area contributed by atoms with Crippen molar-refractivity contribution in [2.45, 2.75) is 58.3 Å². The number of likely N-dealkylation sites (tertiary alicyclic amines) is 1. The van der Waals surface area contributed by atoms with Crippen LogP contribution in [0.2, 0.25) is 0 Å². The molecular weight excluding hydrogens is 350 g/mol. The number of amides is 1. The van der Waals surface area contributed by atoms with Gasteiger partial charge in [-0.15, -0.1) is 0 Å². The van der Waals surface area contributed by atoms with E-state index in [1.807, 2.05) is 32.9 Å². The third-order valence-corrected chi connectivity index (χ3v) is 4.09. The van der Waals surface area contributed by atoms with Crippen LogP contribution in [0.1, 0.15) is 46.3 Å². The first kappa shape index (κ1) is 17.3. The highest BCUT2D eigenvalue weighted by molar-refractivity contribution is 9.10. The highest BCUT2D eigenvalue weighted by Crippen LogP contribution is 2.28. The van der Waals surface area contributed by atoms with Gasteiger partial charge in [-0.3, -0.25) is 0 Å². The molecule has 0 saturated carbocycles. The number of carbonyl (C=O) groups is 1. The maximum absolute atomic E-state index is 12.0. The van der Waals surface area contributed by atoms with Crippen molar-refractivity contribution in [3.05, 3.63) is 22.6 Å². The van der Waals surface area contributed by atoms with Crippen molar-refractivity contribution in [3.8, 4) is 0 Å². The Morgan fingerprint density at radius 1 is 1.36 bits per heavy atom. The van der Waals surface area contributed by atoms with Crippen LogP contribution in [0, 0.1) is 0 Å². The predicted molar refractivity (Wildman–Crippen MR) is 86.6 cm³/mol. The Kier molecular flexibility index (Phi) is 5.22. The SMILES string of the molecule is CC(C)(C)OC(=O)N1CCC(C)(OCc2ccc(Br)o2)CC1. The lowest BCUT2D eigenvalue weighted by molar-refractivity contribution is -0.0856. The van der Waals surface area contributed by atoms with Crippen LogP contribution in [0.4, 0.5) is 4.79 Å². The number of piperidine rings is 1. The average Bonchev–Trinajstić information content (AvgIpc) is 2.81.